The summed E-state index contributed by atoms with van der Waals surface area (Å²) in [6.45, 7) is -0.715. The van der Waals surface area contributed by atoms with Gasteiger partial charge < -0.3 is 42.7 Å². The Labute approximate surface area is 218 Å². The van der Waals surface area contributed by atoms with Gasteiger partial charge in [0.25, 0.3) is 0 Å². The fourth-order valence-corrected chi connectivity index (χ4v) is 3.44. The molecule has 0 spiro atoms. The Balaban J connectivity index is 2.25. The SMILES string of the molecule is NC(=O)CC(NC(=O)C(N)CO)C(=O)NC(Cc1ccccc1)C(=O)NC(Cc1ccc(O)cc1)C(=O)O. The van der Waals surface area contributed by atoms with E-state index in [-0.39, 0.29) is 18.6 Å². The zero-order valence-corrected chi connectivity index (χ0v) is 20.4. The molecule has 0 aliphatic heterocycles. The van der Waals surface area contributed by atoms with Crippen molar-refractivity contribution in [2.24, 2.45) is 11.5 Å². The Hall–Kier alpha value is -4.49. The number of amides is 4. The van der Waals surface area contributed by atoms with Gasteiger partial charge in [0.2, 0.25) is 23.6 Å². The molecule has 2 rings (SSSR count). The molecule has 0 radical (unpaired) electrons. The van der Waals surface area contributed by atoms with E-state index in [0.717, 1.165) is 0 Å². The van der Waals surface area contributed by atoms with Gasteiger partial charge in [-0.25, -0.2) is 4.79 Å². The van der Waals surface area contributed by atoms with Crippen LogP contribution in [0.5, 0.6) is 5.75 Å². The number of carboxylic acid groups (broad SMARTS) is 1. The molecule has 38 heavy (non-hydrogen) atoms. The normalized spacial score (nSPS) is 13.8. The summed E-state index contributed by atoms with van der Waals surface area (Å²) in [6.07, 6.45) is -0.766. The molecule has 2 aromatic carbocycles. The zero-order valence-electron chi connectivity index (χ0n) is 20.4. The van der Waals surface area contributed by atoms with E-state index in [1.807, 2.05) is 0 Å². The molecule has 4 amide bonds. The van der Waals surface area contributed by atoms with E-state index in [1.54, 1.807) is 30.3 Å². The molecule has 13 nitrogen and oxygen atoms in total. The van der Waals surface area contributed by atoms with E-state index in [9.17, 15) is 34.2 Å². The number of benzene rings is 2. The summed E-state index contributed by atoms with van der Waals surface area (Å²) in [7, 11) is 0. The van der Waals surface area contributed by atoms with Gasteiger partial charge in [0.05, 0.1) is 13.0 Å². The first-order chi connectivity index (χ1) is 18.0. The van der Waals surface area contributed by atoms with E-state index in [4.69, 9.17) is 16.6 Å². The number of hydrogen-bond donors (Lipinski definition) is 8. The standard InChI is InChI=1S/C25H31N5O8/c26-17(13-31)22(34)28-19(12-21(27)33)24(36)29-18(10-14-4-2-1-3-5-14)23(35)30-20(25(37)38)11-15-6-8-16(32)9-7-15/h1-9,17-20,31-32H,10-13,26H2,(H2,27,33)(H,28,34)(H,29,36)(H,30,35)(H,37,38). The van der Waals surface area contributed by atoms with Gasteiger partial charge in [0, 0.05) is 12.8 Å². The molecule has 0 aromatic heterocycles. The number of nitrogens with one attached hydrogen (secondary N) is 3. The van der Waals surface area contributed by atoms with E-state index in [2.05, 4.69) is 16.0 Å². The number of hydrogen-bond acceptors (Lipinski definition) is 8. The summed E-state index contributed by atoms with van der Waals surface area (Å²) in [5.74, 6) is -4.95. The van der Waals surface area contributed by atoms with Crippen LogP contribution in [0.15, 0.2) is 54.6 Å². The van der Waals surface area contributed by atoms with Crippen molar-refractivity contribution >= 4 is 29.6 Å². The number of primary amides is 1. The second-order valence-electron chi connectivity index (χ2n) is 8.54. The van der Waals surface area contributed by atoms with E-state index in [0.29, 0.717) is 11.1 Å². The molecule has 0 bridgehead atoms. The topological polar surface area (TPSA) is 234 Å². The van der Waals surface area contributed by atoms with Crippen molar-refractivity contribution in [2.75, 3.05) is 6.61 Å². The molecule has 4 atom stereocenters. The number of aromatic hydroxyl groups is 1. The highest BCUT2D eigenvalue weighted by Crippen LogP contribution is 2.12. The van der Waals surface area contributed by atoms with Crippen molar-refractivity contribution in [1.82, 2.24) is 16.0 Å². The summed E-state index contributed by atoms with van der Waals surface area (Å²) in [5.41, 5.74) is 11.8. The van der Waals surface area contributed by atoms with Gasteiger partial charge in [-0.2, -0.15) is 0 Å². The lowest BCUT2D eigenvalue weighted by Gasteiger charge is -2.25. The fraction of sp³-hybridized carbons (Fsp3) is 0.320. The molecule has 0 fully saturated rings. The third-order valence-electron chi connectivity index (χ3n) is 5.48. The van der Waals surface area contributed by atoms with Crippen LogP contribution in [0.1, 0.15) is 17.5 Å². The lowest BCUT2D eigenvalue weighted by Crippen LogP contribution is -2.58. The highest BCUT2D eigenvalue weighted by atomic mass is 16.4. The Morgan fingerprint density at radius 3 is 1.79 bits per heavy atom. The number of aliphatic carboxylic acids is 1. The van der Waals surface area contributed by atoms with Crippen LogP contribution >= 0.6 is 0 Å². The molecule has 0 aliphatic carbocycles. The molecular formula is C25H31N5O8. The molecular weight excluding hydrogens is 498 g/mol. The van der Waals surface area contributed by atoms with Crippen LogP contribution in [0.2, 0.25) is 0 Å². The van der Waals surface area contributed by atoms with E-state index >= 15 is 0 Å². The summed E-state index contributed by atoms with van der Waals surface area (Å²) >= 11 is 0. The van der Waals surface area contributed by atoms with Gasteiger partial charge in [-0.05, 0) is 23.3 Å². The first-order valence-corrected chi connectivity index (χ1v) is 11.6. The van der Waals surface area contributed by atoms with Crippen molar-refractivity contribution in [3.63, 3.8) is 0 Å². The maximum absolute atomic E-state index is 13.2. The van der Waals surface area contributed by atoms with Crippen LogP contribution in [0.3, 0.4) is 0 Å². The van der Waals surface area contributed by atoms with Crippen molar-refractivity contribution in [2.45, 2.75) is 43.4 Å². The second kappa shape index (κ2) is 14.3. The molecule has 204 valence electrons. The van der Waals surface area contributed by atoms with Crippen LogP contribution in [0.4, 0.5) is 0 Å². The summed E-state index contributed by atoms with van der Waals surface area (Å²) < 4.78 is 0. The van der Waals surface area contributed by atoms with E-state index < -0.39 is 66.8 Å². The zero-order chi connectivity index (χ0) is 28.2. The number of aliphatic hydroxyl groups is 1. The number of aliphatic hydroxyl groups excluding tert-OH is 1. The molecule has 0 saturated heterocycles. The van der Waals surface area contributed by atoms with Crippen molar-refractivity contribution in [1.29, 1.82) is 0 Å². The predicted octanol–water partition coefficient (Wildman–Crippen LogP) is -2.09. The maximum atomic E-state index is 13.2. The van der Waals surface area contributed by atoms with Gasteiger partial charge in [0.1, 0.15) is 29.9 Å². The fourth-order valence-electron chi connectivity index (χ4n) is 3.44. The van der Waals surface area contributed by atoms with Gasteiger partial charge in [-0.3, -0.25) is 19.2 Å². The predicted molar refractivity (Wildman–Crippen MR) is 134 cm³/mol. The molecule has 4 unspecified atom stereocenters. The lowest BCUT2D eigenvalue weighted by molar-refractivity contribution is -0.142. The number of carbonyl (C=O) groups is 5. The minimum absolute atomic E-state index is 0.00662. The molecule has 0 saturated carbocycles. The lowest BCUT2D eigenvalue weighted by atomic mass is 10.0. The number of nitrogens with two attached hydrogens (primary N) is 2. The average Bonchev–Trinajstić information content (AvgIpc) is 2.88. The number of phenolic OH excluding ortho intramolecular Hbond substituents is 1. The Morgan fingerprint density at radius 2 is 1.24 bits per heavy atom. The Bertz CT molecular complexity index is 1130. The largest absolute Gasteiger partial charge is 0.508 e. The van der Waals surface area contributed by atoms with Crippen LogP contribution in [0, 0.1) is 0 Å². The highest BCUT2D eigenvalue weighted by molar-refractivity contribution is 5.96. The quantitative estimate of drug-likeness (QED) is 0.134. The van der Waals surface area contributed by atoms with Crippen LogP contribution in [-0.2, 0) is 36.8 Å². The summed E-state index contributed by atoms with van der Waals surface area (Å²) in [4.78, 5) is 61.7. The van der Waals surface area contributed by atoms with Crippen LogP contribution in [0.25, 0.3) is 0 Å². The third-order valence-corrected chi connectivity index (χ3v) is 5.48. The molecule has 2 aromatic rings. The Kier molecular flexibility index (Phi) is 11.2. The second-order valence-corrected chi connectivity index (χ2v) is 8.54. The van der Waals surface area contributed by atoms with Gasteiger partial charge >= 0.3 is 5.97 Å². The average molecular weight is 530 g/mol. The van der Waals surface area contributed by atoms with Crippen LogP contribution in [-0.4, -0.2) is 75.7 Å². The molecule has 0 heterocycles. The monoisotopic (exact) mass is 529 g/mol. The first-order valence-electron chi connectivity index (χ1n) is 11.6. The third kappa shape index (κ3) is 9.52. The summed E-state index contributed by atoms with van der Waals surface area (Å²) in [5, 5.41) is 35.3. The smallest absolute Gasteiger partial charge is 0.326 e. The van der Waals surface area contributed by atoms with Gasteiger partial charge in [-0.15, -0.1) is 0 Å². The number of rotatable bonds is 14. The maximum Gasteiger partial charge on any atom is 0.326 e. The molecule has 0 aliphatic rings. The van der Waals surface area contributed by atoms with Crippen molar-refractivity contribution < 1.29 is 39.3 Å². The number of carboxylic acids is 1. The molecule has 10 N–H and O–H groups in total. The van der Waals surface area contributed by atoms with Gasteiger partial charge in [-0.1, -0.05) is 42.5 Å². The van der Waals surface area contributed by atoms with Gasteiger partial charge in [0.15, 0.2) is 0 Å². The summed E-state index contributed by atoms with van der Waals surface area (Å²) in [6, 6.07) is 8.80. The minimum Gasteiger partial charge on any atom is -0.508 e. The Morgan fingerprint density at radius 1 is 0.737 bits per heavy atom. The number of phenols is 1. The van der Waals surface area contributed by atoms with E-state index in [1.165, 1.54) is 24.3 Å². The van der Waals surface area contributed by atoms with Crippen molar-refractivity contribution in [3.05, 3.63) is 65.7 Å². The highest BCUT2D eigenvalue weighted by Gasteiger charge is 2.31. The first kappa shape index (κ1) is 29.7. The minimum atomic E-state index is -1.50. The van der Waals surface area contributed by atoms with Crippen LogP contribution < -0.4 is 27.4 Å². The van der Waals surface area contributed by atoms with Crippen molar-refractivity contribution in [3.8, 4) is 5.75 Å². The number of carbonyl (C=O) groups excluding carboxylic acids is 4. The molecule has 13 heteroatoms.